The van der Waals surface area contributed by atoms with E-state index >= 15 is 0 Å². The van der Waals surface area contributed by atoms with Gasteiger partial charge in [-0.05, 0) is 45.5 Å². The van der Waals surface area contributed by atoms with Crippen molar-refractivity contribution in [2.45, 2.75) is 31.8 Å². The number of likely N-dealkylation sites (tertiary alicyclic amines) is 1. The van der Waals surface area contributed by atoms with Gasteiger partial charge in [-0.2, -0.15) is 4.98 Å². The Kier molecular flexibility index (Phi) is 4.49. The fourth-order valence-electron chi connectivity index (χ4n) is 3.25. The highest BCUT2D eigenvalue weighted by Gasteiger charge is 2.44. The van der Waals surface area contributed by atoms with Crippen molar-refractivity contribution in [3.63, 3.8) is 0 Å². The fraction of sp³-hybridized carbons (Fsp3) is 0.471. The highest BCUT2D eigenvalue weighted by Crippen LogP contribution is 2.25. The van der Waals surface area contributed by atoms with Gasteiger partial charge in [0.25, 0.3) is 0 Å². The standard InChI is InChI=1S/C17H22N4O4/c1-10(2)20-17(6-7-21(3)9-17)15(24)19-16-18-12-8-11(14(22)23)4-5-13(12)25-16/h4-5,8,10,20H,6-7,9H2,1-3H3,(H,22,23)(H,18,19,24)/t17-/m0/s1. The van der Waals surface area contributed by atoms with Crippen LogP contribution in [0.5, 0.6) is 0 Å². The highest BCUT2D eigenvalue weighted by molar-refractivity contribution is 5.98. The number of anilines is 1. The molecule has 1 amide bonds. The predicted octanol–water partition coefficient (Wildman–Crippen LogP) is 1.54. The molecule has 0 saturated carbocycles. The van der Waals surface area contributed by atoms with Crippen molar-refractivity contribution >= 4 is 29.0 Å². The third-order valence-corrected chi connectivity index (χ3v) is 4.31. The van der Waals surface area contributed by atoms with E-state index in [1.54, 1.807) is 0 Å². The first-order valence-corrected chi connectivity index (χ1v) is 8.21. The van der Waals surface area contributed by atoms with Gasteiger partial charge in [0.05, 0.1) is 5.56 Å². The Hall–Kier alpha value is -2.45. The number of nitrogens with zero attached hydrogens (tertiary/aromatic N) is 2. The molecule has 3 N–H and O–H groups in total. The number of carboxylic acids is 1. The molecule has 1 aromatic carbocycles. The molecule has 0 spiro atoms. The molecule has 1 saturated heterocycles. The molecule has 0 unspecified atom stereocenters. The lowest BCUT2D eigenvalue weighted by Gasteiger charge is -2.30. The van der Waals surface area contributed by atoms with Crippen LogP contribution < -0.4 is 10.6 Å². The van der Waals surface area contributed by atoms with Crippen LogP contribution in [-0.4, -0.2) is 58.6 Å². The van der Waals surface area contributed by atoms with Crippen LogP contribution in [0.2, 0.25) is 0 Å². The zero-order valence-corrected chi connectivity index (χ0v) is 14.5. The van der Waals surface area contributed by atoms with Gasteiger partial charge in [0.2, 0.25) is 5.91 Å². The Labute approximate surface area is 145 Å². The lowest BCUT2D eigenvalue weighted by Crippen LogP contribution is -2.58. The van der Waals surface area contributed by atoms with Crippen molar-refractivity contribution in [2.75, 3.05) is 25.5 Å². The lowest BCUT2D eigenvalue weighted by atomic mass is 9.96. The molecule has 1 fully saturated rings. The zero-order valence-electron chi connectivity index (χ0n) is 14.5. The quantitative estimate of drug-likeness (QED) is 0.753. The van der Waals surface area contributed by atoms with Crippen molar-refractivity contribution in [2.24, 2.45) is 0 Å². The summed E-state index contributed by atoms with van der Waals surface area (Å²) in [6.45, 7) is 5.42. The molecule has 8 heteroatoms. The number of carbonyl (C=O) groups is 2. The van der Waals surface area contributed by atoms with Gasteiger partial charge in [-0.25, -0.2) is 4.79 Å². The number of benzene rings is 1. The molecule has 0 radical (unpaired) electrons. The number of carboxylic acid groups (broad SMARTS) is 1. The number of aromatic nitrogens is 1. The number of hydrogen-bond acceptors (Lipinski definition) is 6. The number of carbonyl (C=O) groups excluding carboxylic acids is 1. The second-order valence-electron chi connectivity index (χ2n) is 6.83. The van der Waals surface area contributed by atoms with E-state index < -0.39 is 11.5 Å². The smallest absolute Gasteiger partial charge is 0.335 e. The highest BCUT2D eigenvalue weighted by atomic mass is 16.4. The second-order valence-corrected chi connectivity index (χ2v) is 6.83. The molecule has 1 aliphatic rings. The molecule has 1 aliphatic heterocycles. The minimum Gasteiger partial charge on any atom is -0.478 e. The van der Waals surface area contributed by atoms with E-state index in [9.17, 15) is 9.59 Å². The molecule has 134 valence electrons. The third-order valence-electron chi connectivity index (χ3n) is 4.31. The summed E-state index contributed by atoms with van der Waals surface area (Å²) in [6, 6.07) is 4.62. The number of nitrogens with one attached hydrogen (secondary N) is 2. The molecule has 0 aliphatic carbocycles. The molecule has 1 aromatic heterocycles. The predicted molar refractivity (Wildman–Crippen MR) is 92.7 cm³/mol. The summed E-state index contributed by atoms with van der Waals surface area (Å²) in [7, 11) is 1.98. The number of fused-ring (bicyclic) bond motifs is 1. The van der Waals surface area contributed by atoms with Crippen LogP contribution in [0.15, 0.2) is 22.6 Å². The third kappa shape index (κ3) is 3.49. The summed E-state index contributed by atoms with van der Waals surface area (Å²) >= 11 is 0. The van der Waals surface area contributed by atoms with Crippen molar-refractivity contribution in [3.8, 4) is 0 Å². The van der Waals surface area contributed by atoms with Gasteiger partial charge >= 0.3 is 12.0 Å². The molecule has 8 nitrogen and oxygen atoms in total. The Bertz CT molecular complexity index is 816. The van der Waals surface area contributed by atoms with Crippen LogP contribution in [0, 0.1) is 0 Å². The summed E-state index contributed by atoms with van der Waals surface area (Å²) in [6.07, 6.45) is 0.691. The Balaban J connectivity index is 1.84. The van der Waals surface area contributed by atoms with Crippen molar-refractivity contribution in [3.05, 3.63) is 23.8 Å². The van der Waals surface area contributed by atoms with Gasteiger partial charge in [0.1, 0.15) is 11.1 Å². The number of amides is 1. The molecular weight excluding hydrogens is 324 g/mol. The topological polar surface area (TPSA) is 108 Å². The largest absolute Gasteiger partial charge is 0.478 e. The Morgan fingerprint density at radius 2 is 2.16 bits per heavy atom. The molecule has 3 rings (SSSR count). The fourth-order valence-corrected chi connectivity index (χ4v) is 3.25. The normalized spacial score (nSPS) is 21.1. The van der Waals surface area contributed by atoms with Crippen LogP contribution in [-0.2, 0) is 4.79 Å². The number of aromatic carboxylic acids is 1. The Morgan fingerprint density at radius 1 is 1.40 bits per heavy atom. The summed E-state index contributed by atoms with van der Waals surface area (Å²) in [4.78, 5) is 30.2. The van der Waals surface area contributed by atoms with Gasteiger partial charge in [0, 0.05) is 19.1 Å². The van der Waals surface area contributed by atoms with Gasteiger partial charge in [-0.1, -0.05) is 0 Å². The van der Waals surface area contributed by atoms with E-state index in [2.05, 4.69) is 20.5 Å². The van der Waals surface area contributed by atoms with Crippen LogP contribution >= 0.6 is 0 Å². The maximum absolute atomic E-state index is 12.9. The van der Waals surface area contributed by atoms with Gasteiger partial charge in [-0.15, -0.1) is 0 Å². The first-order valence-electron chi connectivity index (χ1n) is 8.21. The molecule has 25 heavy (non-hydrogen) atoms. The zero-order chi connectivity index (χ0) is 18.2. The maximum Gasteiger partial charge on any atom is 0.335 e. The van der Waals surface area contributed by atoms with Crippen molar-refractivity contribution in [1.29, 1.82) is 0 Å². The van der Waals surface area contributed by atoms with E-state index in [4.69, 9.17) is 9.52 Å². The van der Waals surface area contributed by atoms with E-state index in [-0.39, 0.29) is 23.5 Å². The first kappa shape index (κ1) is 17.4. The monoisotopic (exact) mass is 346 g/mol. The minimum absolute atomic E-state index is 0.0713. The molecule has 2 aromatic rings. The molecular formula is C17H22N4O4. The van der Waals surface area contributed by atoms with Crippen LogP contribution in [0.1, 0.15) is 30.6 Å². The van der Waals surface area contributed by atoms with Gasteiger partial charge < -0.3 is 14.4 Å². The van der Waals surface area contributed by atoms with Crippen LogP contribution in [0.25, 0.3) is 11.1 Å². The average Bonchev–Trinajstić information content (AvgIpc) is 3.09. The maximum atomic E-state index is 12.9. The molecule has 1 atom stereocenters. The lowest BCUT2D eigenvalue weighted by molar-refractivity contribution is -0.122. The van der Waals surface area contributed by atoms with E-state index in [0.717, 1.165) is 6.54 Å². The van der Waals surface area contributed by atoms with Crippen LogP contribution in [0.4, 0.5) is 6.01 Å². The molecule has 2 heterocycles. The van der Waals surface area contributed by atoms with Gasteiger partial charge in [0.15, 0.2) is 5.58 Å². The van der Waals surface area contributed by atoms with Gasteiger partial charge in [-0.3, -0.25) is 15.4 Å². The van der Waals surface area contributed by atoms with Crippen molar-refractivity contribution < 1.29 is 19.1 Å². The second kappa shape index (κ2) is 6.45. The number of rotatable bonds is 5. The number of likely N-dealkylation sites (N-methyl/N-ethyl adjacent to an activating group) is 1. The SMILES string of the molecule is CC(C)N[C@@]1(C(=O)Nc2nc3cc(C(=O)O)ccc3o2)CCN(C)C1. The summed E-state index contributed by atoms with van der Waals surface area (Å²) in [5.74, 6) is -1.24. The average molecular weight is 346 g/mol. The van der Waals surface area contributed by atoms with Crippen LogP contribution in [0.3, 0.4) is 0 Å². The Morgan fingerprint density at radius 3 is 2.76 bits per heavy atom. The molecule has 0 bridgehead atoms. The number of hydrogen-bond donors (Lipinski definition) is 3. The van der Waals surface area contributed by atoms with E-state index in [1.165, 1.54) is 18.2 Å². The van der Waals surface area contributed by atoms with E-state index in [0.29, 0.717) is 24.1 Å². The first-order chi connectivity index (χ1) is 11.8. The number of oxazole rings is 1. The minimum atomic E-state index is -1.04. The summed E-state index contributed by atoms with van der Waals surface area (Å²) in [5, 5.41) is 15.1. The summed E-state index contributed by atoms with van der Waals surface area (Å²) in [5.41, 5.74) is 0.240. The summed E-state index contributed by atoms with van der Waals surface area (Å²) < 4.78 is 5.53. The van der Waals surface area contributed by atoms with Crippen molar-refractivity contribution in [1.82, 2.24) is 15.2 Å². The van der Waals surface area contributed by atoms with E-state index in [1.807, 2.05) is 20.9 Å².